The van der Waals surface area contributed by atoms with Crippen LogP contribution in [-0.4, -0.2) is 32.8 Å². The van der Waals surface area contributed by atoms with Crippen LogP contribution in [0.3, 0.4) is 0 Å². The van der Waals surface area contributed by atoms with E-state index in [2.05, 4.69) is 49.4 Å². The molecule has 1 saturated heterocycles. The first-order valence-corrected chi connectivity index (χ1v) is 8.85. The van der Waals surface area contributed by atoms with E-state index in [9.17, 15) is 10.1 Å². The predicted octanol–water partition coefficient (Wildman–Crippen LogP) is 3.91. The zero-order valence-electron chi connectivity index (χ0n) is 13.7. The van der Waals surface area contributed by atoms with E-state index in [0.717, 1.165) is 41.9 Å². The van der Waals surface area contributed by atoms with Crippen LogP contribution in [0.1, 0.15) is 44.5 Å². The van der Waals surface area contributed by atoms with E-state index in [-0.39, 0.29) is 10.6 Å². The second-order valence-corrected chi connectivity index (χ2v) is 7.22. The van der Waals surface area contributed by atoms with Crippen molar-refractivity contribution in [2.75, 3.05) is 18.0 Å². The number of non-ortho nitro benzene ring substituents is 1. The van der Waals surface area contributed by atoms with Gasteiger partial charge in [0.05, 0.1) is 10.6 Å². The van der Waals surface area contributed by atoms with Gasteiger partial charge in [-0.2, -0.15) is 0 Å². The van der Waals surface area contributed by atoms with Crippen LogP contribution < -0.4 is 4.90 Å². The second kappa shape index (κ2) is 6.88. The molecule has 8 heteroatoms. The molecule has 128 valence electrons. The van der Waals surface area contributed by atoms with Crippen molar-refractivity contribution in [3.8, 4) is 0 Å². The van der Waals surface area contributed by atoms with Gasteiger partial charge >= 0.3 is 0 Å². The Hall–Kier alpha value is -1.96. The Labute approximate surface area is 149 Å². The van der Waals surface area contributed by atoms with Crippen LogP contribution in [0.15, 0.2) is 29.0 Å². The monoisotopic (exact) mass is 393 g/mol. The second-order valence-electron chi connectivity index (χ2n) is 6.37. The molecule has 0 bridgehead atoms. The molecule has 1 unspecified atom stereocenters. The Bertz CT molecular complexity index is 746. The molecular weight excluding hydrogens is 374 g/mol. The lowest BCUT2D eigenvalue weighted by atomic mass is 9.96. The Morgan fingerprint density at radius 3 is 2.88 bits per heavy atom. The topological polar surface area (TPSA) is 77.1 Å². The summed E-state index contributed by atoms with van der Waals surface area (Å²) in [5, 5.41) is 19.3. The third-order valence-electron chi connectivity index (χ3n) is 4.43. The molecule has 0 saturated carbocycles. The van der Waals surface area contributed by atoms with Crippen LogP contribution in [0.25, 0.3) is 0 Å². The standard InChI is InChI=1S/C16H20BrN5O2/c1-11(2)21-10-18-19-16(21)12-4-3-7-20(9-12)15-6-5-13(22(23)24)8-14(15)17/h5-6,8,10-12H,3-4,7,9H2,1-2H3. The number of hydrogen-bond donors (Lipinski definition) is 0. The number of hydrogen-bond acceptors (Lipinski definition) is 5. The lowest BCUT2D eigenvalue weighted by Crippen LogP contribution is -2.35. The molecule has 1 atom stereocenters. The average Bonchev–Trinajstić information content (AvgIpc) is 3.04. The molecule has 0 radical (unpaired) electrons. The van der Waals surface area contributed by atoms with Crippen molar-refractivity contribution < 1.29 is 4.92 Å². The summed E-state index contributed by atoms with van der Waals surface area (Å²) >= 11 is 3.48. The SMILES string of the molecule is CC(C)n1cnnc1C1CCCN(c2ccc([N+](=O)[O-])cc2Br)C1. The smallest absolute Gasteiger partial charge is 0.270 e. The maximum absolute atomic E-state index is 10.9. The number of piperidine rings is 1. The van der Waals surface area contributed by atoms with E-state index >= 15 is 0 Å². The van der Waals surface area contributed by atoms with Crippen LogP contribution in [0.2, 0.25) is 0 Å². The summed E-state index contributed by atoms with van der Waals surface area (Å²) in [7, 11) is 0. The molecule has 1 aliphatic rings. The summed E-state index contributed by atoms with van der Waals surface area (Å²) in [6, 6.07) is 5.27. The minimum absolute atomic E-state index is 0.0961. The highest BCUT2D eigenvalue weighted by molar-refractivity contribution is 9.10. The lowest BCUT2D eigenvalue weighted by Gasteiger charge is -2.34. The normalized spacial score (nSPS) is 18.2. The molecule has 1 fully saturated rings. The van der Waals surface area contributed by atoms with Gasteiger partial charge in [-0.15, -0.1) is 10.2 Å². The number of rotatable bonds is 4. The van der Waals surface area contributed by atoms with Crippen LogP contribution >= 0.6 is 15.9 Å². The third kappa shape index (κ3) is 3.28. The van der Waals surface area contributed by atoms with Crippen LogP contribution in [0.5, 0.6) is 0 Å². The van der Waals surface area contributed by atoms with Crippen molar-refractivity contribution in [2.45, 2.75) is 38.6 Å². The Morgan fingerprint density at radius 2 is 2.21 bits per heavy atom. The first kappa shape index (κ1) is 16.9. The van der Waals surface area contributed by atoms with E-state index in [1.807, 2.05) is 6.07 Å². The zero-order chi connectivity index (χ0) is 17.3. The molecule has 2 aromatic rings. The summed E-state index contributed by atoms with van der Waals surface area (Å²) in [6.45, 7) is 6.02. The Balaban J connectivity index is 1.83. The molecular formula is C16H20BrN5O2. The molecule has 0 spiro atoms. The van der Waals surface area contributed by atoms with Crippen LogP contribution in [-0.2, 0) is 0 Å². The number of aromatic nitrogens is 3. The molecule has 1 aromatic carbocycles. The van der Waals surface area contributed by atoms with E-state index < -0.39 is 0 Å². The number of nitrogens with zero attached hydrogens (tertiary/aromatic N) is 5. The fourth-order valence-corrected chi connectivity index (χ4v) is 3.83. The maximum Gasteiger partial charge on any atom is 0.270 e. The fourth-order valence-electron chi connectivity index (χ4n) is 3.21. The minimum Gasteiger partial charge on any atom is -0.370 e. The van der Waals surface area contributed by atoms with Crippen molar-refractivity contribution in [1.82, 2.24) is 14.8 Å². The minimum atomic E-state index is -0.376. The van der Waals surface area contributed by atoms with Gasteiger partial charge in [0.25, 0.3) is 5.69 Å². The van der Waals surface area contributed by atoms with E-state index in [1.54, 1.807) is 18.5 Å². The van der Waals surface area contributed by atoms with Gasteiger partial charge in [0.15, 0.2) is 0 Å². The zero-order valence-corrected chi connectivity index (χ0v) is 15.3. The van der Waals surface area contributed by atoms with Crippen molar-refractivity contribution in [3.05, 3.63) is 44.9 Å². The molecule has 1 aliphatic heterocycles. The first-order valence-electron chi connectivity index (χ1n) is 8.05. The molecule has 0 aliphatic carbocycles. The molecule has 0 amide bonds. The molecule has 7 nitrogen and oxygen atoms in total. The highest BCUT2D eigenvalue weighted by atomic mass is 79.9. The molecule has 0 N–H and O–H groups in total. The van der Waals surface area contributed by atoms with Crippen molar-refractivity contribution in [3.63, 3.8) is 0 Å². The number of halogens is 1. The largest absolute Gasteiger partial charge is 0.370 e. The van der Waals surface area contributed by atoms with E-state index in [1.165, 1.54) is 0 Å². The first-order chi connectivity index (χ1) is 11.5. The molecule has 1 aromatic heterocycles. The number of benzene rings is 1. The van der Waals surface area contributed by atoms with Gasteiger partial charge in [-0.05, 0) is 48.7 Å². The van der Waals surface area contributed by atoms with Crippen molar-refractivity contribution in [2.24, 2.45) is 0 Å². The van der Waals surface area contributed by atoms with Gasteiger partial charge in [0.2, 0.25) is 0 Å². The Morgan fingerprint density at radius 1 is 1.42 bits per heavy atom. The Kier molecular flexibility index (Phi) is 4.84. The average molecular weight is 394 g/mol. The van der Waals surface area contributed by atoms with Crippen molar-refractivity contribution in [1.29, 1.82) is 0 Å². The van der Waals surface area contributed by atoms with E-state index in [0.29, 0.717) is 12.0 Å². The summed E-state index contributed by atoms with van der Waals surface area (Å²) in [6.07, 6.45) is 3.92. The number of anilines is 1. The van der Waals surface area contributed by atoms with Gasteiger partial charge in [0.1, 0.15) is 12.2 Å². The summed E-state index contributed by atoms with van der Waals surface area (Å²) in [4.78, 5) is 12.8. The quantitative estimate of drug-likeness (QED) is 0.581. The van der Waals surface area contributed by atoms with Gasteiger partial charge in [-0.1, -0.05) is 0 Å². The van der Waals surface area contributed by atoms with Gasteiger partial charge in [0, 0.05) is 41.7 Å². The summed E-state index contributed by atoms with van der Waals surface area (Å²) < 4.78 is 2.88. The van der Waals surface area contributed by atoms with Gasteiger partial charge in [-0.3, -0.25) is 10.1 Å². The third-order valence-corrected chi connectivity index (χ3v) is 5.06. The molecule has 3 rings (SSSR count). The summed E-state index contributed by atoms with van der Waals surface area (Å²) in [5.41, 5.74) is 1.08. The molecule has 24 heavy (non-hydrogen) atoms. The number of nitro benzene ring substituents is 1. The predicted molar refractivity (Wildman–Crippen MR) is 95.4 cm³/mol. The van der Waals surface area contributed by atoms with Gasteiger partial charge in [-0.25, -0.2) is 0 Å². The van der Waals surface area contributed by atoms with Gasteiger partial charge < -0.3 is 9.47 Å². The van der Waals surface area contributed by atoms with Crippen LogP contribution in [0, 0.1) is 10.1 Å². The highest BCUT2D eigenvalue weighted by Crippen LogP contribution is 2.35. The van der Waals surface area contributed by atoms with Crippen molar-refractivity contribution >= 4 is 27.3 Å². The lowest BCUT2D eigenvalue weighted by molar-refractivity contribution is -0.384. The fraction of sp³-hybridized carbons (Fsp3) is 0.500. The maximum atomic E-state index is 10.9. The molecule has 2 heterocycles. The number of nitro groups is 1. The van der Waals surface area contributed by atoms with E-state index in [4.69, 9.17) is 0 Å². The highest BCUT2D eigenvalue weighted by Gasteiger charge is 2.27. The summed E-state index contributed by atoms with van der Waals surface area (Å²) in [5.74, 6) is 1.33. The van der Waals surface area contributed by atoms with Crippen LogP contribution in [0.4, 0.5) is 11.4 Å².